The van der Waals surface area contributed by atoms with Crippen molar-refractivity contribution >= 4 is 18.7 Å². The van der Waals surface area contributed by atoms with Gasteiger partial charge in [-0.3, -0.25) is 0 Å². The summed E-state index contributed by atoms with van der Waals surface area (Å²) < 4.78 is 7.07. The Morgan fingerprint density at radius 1 is 0.382 bits per heavy atom. The van der Waals surface area contributed by atoms with Gasteiger partial charge in [0.25, 0.3) is 8.32 Å². The Kier molecular flexibility index (Phi) is 30.6. The van der Waals surface area contributed by atoms with Gasteiger partial charge in [-0.1, -0.05) is 260 Å². The van der Waals surface area contributed by atoms with E-state index in [1.807, 2.05) is 0 Å². The minimum Gasteiger partial charge on any atom is -0.407 e. The van der Waals surface area contributed by atoms with E-state index >= 15 is 0 Å². The fraction of sp³-hybridized carbons (Fsp3) is 0.698. The van der Waals surface area contributed by atoms with E-state index in [-0.39, 0.29) is 5.04 Å². The van der Waals surface area contributed by atoms with E-state index in [1.54, 1.807) is 0 Å². The van der Waals surface area contributed by atoms with Crippen LogP contribution in [0.15, 0.2) is 85.0 Å². The van der Waals surface area contributed by atoms with Crippen LogP contribution in [0.25, 0.3) is 0 Å². The molecule has 312 valence electrons. The van der Waals surface area contributed by atoms with Crippen LogP contribution in [0, 0.1) is 0 Å². The molecular formula is C53H90OSi. The van der Waals surface area contributed by atoms with E-state index in [9.17, 15) is 0 Å². The predicted octanol–water partition coefficient (Wildman–Crippen LogP) is 16.8. The van der Waals surface area contributed by atoms with Gasteiger partial charge in [-0.05, 0) is 66.8 Å². The summed E-state index contributed by atoms with van der Waals surface area (Å²) in [6.07, 6.45) is 52.9. The van der Waals surface area contributed by atoms with Crippen molar-refractivity contribution in [2.75, 3.05) is 6.61 Å². The predicted molar refractivity (Wildman–Crippen MR) is 251 cm³/mol. The Bertz CT molecular complexity index is 1110. The molecule has 0 bridgehead atoms. The van der Waals surface area contributed by atoms with Crippen molar-refractivity contribution in [3.63, 3.8) is 0 Å². The molecule has 0 radical (unpaired) electrons. The van der Waals surface area contributed by atoms with Gasteiger partial charge in [0.2, 0.25) is 0 Å². The molecule has 0 unspecified atom stereocenters. The molecule has 0 spiro atoms. The standard InChI is InChI=1S/C53H90OSi/c1-5-6-7-8-9-10-11-12-13-14-15-16-17-18-19-20-21-22-23-24-25-26-27-28-29-30-31-32-33-34-35-36-37-38-45-50-54-55(53(2,3)4,51-46-41-39-42-47-51)52-48-43-40-44-49-52/h6-7,17-18,39-44,46-49H,5,8-16,19-38,45,50H2,1-4H3/b7-6+,18-17+. The molecule has 0 aliphatic heterocycles. The minimum atomic E-state index is -2.38. The van der Waals surface area contributed by atoms with Gasteiger partial charge in [0.1, 0.15) is 0 Å². The zero-order valence-electron chi connectivity index (χ0n) is 37.1. The topological polar surface area (TPSA) is 9.23 Å². The Balaban J connectivity index is 1.31. The Labute approximate surface area is 345 Å². The summed E-state index contributed by atoms with van der Waals surface area (Å²) in [5, 5.41) is 2.85. The summed E-state index contributed by atoms with van der Waals surface area (Å²) >= 11 is 0. The van der Waals surface area contributed by atoms with Crippen LogP contribution < -0.4 is 10.4 Å². The number of unbranched alkanes of at least 4 members (excludes halogenated alkanes) is 28. The zero-order chi connectivity index (χ0) is 39.4. The van der Waals surface area contributed by atoms with Crippen LogP contribution in [0.1, 0.15) is 227 Å². The highest BCUT2D eigenvalue weighted by Gasteiger charge is 2.49. The third-order valence-corrected chi connectivity index (χ3v) is 16.9. The molecule has 2 heteroatoms. The van der Waals surface area contributed by atoms with Gasteiger partial charge >= 0.3 is 0 Å². The highest BCUT2D eigenvalue weighted by molar-refractivity contribution is 6.99. The zero-order valence-corrected chi connectivity index (χ0v) is 38.1. The number of hydrogen-bond donors (Lipinski definition) is 0. The smallest absolute Gasteiger partial charge is 0.261 e. The van der Waals surface area contributed by atoms with Crippen molar-refractivity contribution in [1.29, 1.82) is 0 Å². The first kappa shape index (κ1) is 49.2. The SMILES string of the molecule is CC/C=C/CCCCCCCCC/C=C/CCCCCCCCCCCCCCCCCCCCCCO[Si](c1ccccc1)(c1ccccc1)C(C)(C)C. The van der Waals surface area contributed by atoms with E-state index in [1.165, 1.54) is 209 Å². The van der Waals surface area contributed by atoms with Crippen molar-refractivity contribution in [2.45, 2.75) is 232 Å². The highest BCUT2D eigenvalue weighted by Crippen LogP contribution is 2.37. The Morgan fingerprint density at radius 3 is 0.945 bits per heavy atom. The molecule has 0 saturated carbocycles. The monoisotopic (exact) mass is 771 g/mol. The lowest BCUT2D eigenvalue weighted by Crippen LogP contribution is -2.66. The second kappa shape index (κ2) is 34.2. The van der Waals surface area contributed by atoms with E-state index < -0.39 is 8.32 Å². The van der Waals surface area contributed by atoms with Crippen LogP contribution in [0.3, 0.4) is 0 Å². The fourth-order valence-corrected chi connectivity index (χ4v) is 13.1. The van der Waals surface area contributed by atoms with Crippen molar-refractivity contribution in [3.05, 3.63) is 85.0 Å². The Morgan fingerprint density at radius 2 is 0.655 bits per heavy atom. The minimum absolute atomic E-state index is 0.0674. The van der Waals surface area contributed by atoms with Gasteiger partial charge in [0.05, 0.1) is 0 Å². The summed E-state index contributed by atoms with van der Waals surface area (Å²) in [4.78, 5) is 0. The van der Waals surface area contributed by atoms with Gasteiger partial charge in [-0.2, -0.15) is 0 Å². The largest absolute Gasteiger partial charge is 0.407 e. The maximum absolute atomic E-state index is 7.07. The third-order valence-electron chi connectivity index (χ3n) is 11.8. The average Bonchev–Trinajstić information content (AvgIpc) is 3.19. The van der Waals surface area contributed by atoms with E-state index in [2.05, 4.69) is 113 Å². The first-order valence-corrected chi connectivity index (χ1v) is 26.0. The maximum atomic E-state index is 7.07. The summed E-state index contributed by atoms with van der Waals surface area (Å²) in [6, 6.07) is 22.2. The Hall–Kier alpha value is -1.90. The third kappa shape index (κ3) is 23.8. The van der Waals surface area contributed by atoms with Crippen LogP contribution >= 0.6 is 0 Å². The van der Waals surface area contributed by atoms with Gasteiger partial charge in [0.15, 0.2) is 0 Å². The molecule has 2 aromatic rings. The summed E-state index contributed by atoms with van der Waals surface area (Å²) in [6.45, 7) is 10.2. The van der Waals surface area contributed by atoms with Crippen LogP contribution in [-0.2, 0) is 4.43 Å². The number of allylic oxidation sites excluding steroid dienone is 4. The first-order valence-electron chi connectivity index (χ1n) is 24.1. The lowest BCUT2D eigenvalue weighted by atomic mass is 10.0. The van der Waals surface area contributed by atoms with Crippen LogP contribution in [0.5, 0.6) is 0 Å². The quantitative estimate of drug-likeness (QED) is 0.0378. The average molecular weight is 771 g/mol. The van der Waals surface area contributed by atoms with E-state index in [4.69, 9.17) is 4.43 Å². The molecule has 2 rings (SSSR count). The van der Waals surface area contributed by atoms with E-state index in [0.717, 1.165) is 6.61 Å². The molecule has 0 aromatic heterocycles. The molecule has 0 amide bonds. The van der Waals surface area contributed by atoms with Crippen LogP contribution in [0.2, 0.25) is 5.04 Å². The van der Waals surface area contributed by atoms with Crippen molar-refractivity contribution in [1.82, 2.24) is 0 Å². The maximum Gasteiger partial charge on any atom is 0.261 e. The molecule has 0 fully saturated rings. The molecule has 0 heterocycles. The second-order valence-electron chi connectivity index (χ2n) is 17.8. The molecule has 0 aliphatic rings. The van der Waals surface area contributed by atoms with Crippen molar-refractivity contribution in [3.8, 4) is 0 Å². The summed E-state index contributed by atoms with van der Waals surface area (Å²) in [7, 11) is -2.38. The number of benzene rings is 2. The lowest BCUT2D eigenvalue weighted by molar-refractivity contribution is 0.286. The first-order chi connectivity index (χ1) is 27.0. The molecule has 1 nitrogen and oxygen atoms in total. The molecule has 2 aromatic carbocycles. The van der Waals surface area contributed by atoms with Crippen LogP contribution in [-0.4, -0.2) is 14.9 Å². The molecule has 0 N–H and O–H groups in total. The molecule has 55 heavy (non-hydrogen) atoms. The lowest BCUT2D eigenvalue weighted by Gasteiger charge is -2.43. The highest BCUT2D eigenvalue weighted by atomic mass is 28.4. The van der Waals surface area contributed by atoms with Crippen LogP contribution in [0.4, 0.5) is 0 Å². The van der Waals surface area contributed by atoms with Gasteiger partial charge in [-0.15, -0.1) is 0 Å². The van der Waals surface area contributed by atoms with Gasteiger partial charge in [-0.25, -0.2) is 0 Å². The van der Waals surface area contributed by atoms with Gasteiger partial charge in [0, 0.05) is 6.61 Å². The fourth-order valence-electron chi connectivity index (χ4n) is 8.46. The number of hydrogen-bond acceptors (Lipinski definition) is 1. The second-order valence-corrected chi connectivity index (χ2v) is 22.1. The van der Waals surface area contributed by atoms with Gasteiger partial charge < -0.3 is 4.43 Å². The van der Waals surface area contributed by atoms with Crippen molar-refractivity contribution in [2.24, 2.45) is 0 Å². The normalized spacial score (nSPS) is 12.4. The summed E-state index contributed by atoms with van der Waals surface area (Å²) in [5.74, 6) is 0. The molecular weight excluding hydrogens is 681 g/mol. The molecule has 0 aliphatic carbocycles. The molecule has 0 atom stereocenters. The van der Waals surface area contributed by atoms with Crippen molar-refractivity contribution < 1.29 is 4.43 Å². The summed E-state index contributed by atoms with van der Waals surface area (Å²) in [5.41, 5.74) is 0. The van der Waals surface area contributed by atoms with E-state index in [0.29, 0.717) is 0 Å². The molecule has 0 saturated heterocycles. The number of rotatable bonds is 37.